The van der Waals surface area contributed by atoms with Crippen LogP contribution in [0.2, 0.25) is 0 Å². The summed E-state index contributed by atoms with van der Waals surface area (Å²) in [5.41, 5.74) is 0. The third kappa shape index (κ3) is 1.31. The van der Waals surface area contributed by atoms with Crippen LogP contribution in [0.25, 0.3) is 0 Å². The second-order valence-electron chi connectivity index (χ2n) is 2.98. The highest BCUT2D eigenvalue weighted by molar-refractivity contribution is 7.16. The zero-order chi connectivity index (χ0) is 9.42. The van der Waals surface area contributed by atoms with Gasteiger partial charge < -0.3 is 9.64 Å². The van der Waals surface area contributed by atoms with Gasteiger partial charge in [0.05, 0.1) is 0 Å². The van der Waals surface area contributed by atoms with Gasteiger partial charge in [-0.15, -0.1) is 11.3 Å². The second kappa shape index (κ2) is 3.03. The van der Waals surface area contributed by atoms with Crippen molar-refractivity contribution in [1.29, 1.82) is 0 Å². The van der Waals surface area contributed by atoms with Crippen molar-refractivity contribution < 1.29 is 9.53 Å². The number of nitrogens with zero attached hydrogens (tertiary/aromatic N) is 1. The molecule has 1 aliphatic rings. The predicted octanol–water partition coefficient (Wildman–Crippen LogP) is 1.67. The minimum Gasteiger partial charge on any atom is -0.481 e. The molecule has 1 aliphatic heterocycles. The van der Waals surface area contributed by atoms with Crippen molar-refractivity contribution in [3.05, 3.63) is 10.9 Å². The van der Waals surface area contributed by atoms with Gasteiger partial charge in [0.1, 0.15) is 5.00 Å². The fourth-order valence-electron chi connectivity index (χ4n) is 1.27. The molecule has 3 nitrogen and oxygen atoms in total. The number of thiophene rings is 1. The molecule has 13 heavy (non-hydrogen) atoms. The first-order valence-electron chi connectivity index (χ1n) is 4.24. The number of rotatable bonds is 1. The topological polar surface area (TPSA) is 29.5 Å². The lowest BCUT2D eigenvalue weighted by Gasteiger charge is -2.22. The summed E-state index contributed by atoms with van der Waals surface area (Å²) in [6, 6.07) is 2.02. The van der Waals surface area contributed by atoms with Crippen molar-refractivity contribution in [2.24, 2.45) is 0 Å². The molecule has 0 aliphatic carbocycles. The van der Waals surface area contributed by atoms with Crippen LogP contribution in [0.4, 0.5) is 5.00 Å². The molecule has 0 atom stereocenters. The molecule has 0 fully saturated rings. The number of amides is 1. The first-order chi connectivity index (χ1) is 6.22. The highest BCUT2D eigenvalue weighted by Crippen LogP contribution is 2.39. The number of hydrogen-bond acceptors (Lipinski definition) is 3. The molecule has 70 valence electrons. The number of anilines is 1. The van der Waals surface area contributed by atoms with Crippen LogP contribution in [0.1, 0.15) is 11.8 Å². The van der Waals surface area contributed by atoms with Crippen LogP contribution in [0, 0.1) is 0 Å². The molecule has 0 N–H and O–H groups in total. The van der Waals surface area contributed by atoms with Crippen molar-refractivity contribution >= 4 is 22.2 Å². The maximum absolute atomic E-state index is 11.3. The lowest BCUT2D eigenvalue weighted by Crippen LogP contribution is -2.34. The lowest BCUT2D eigenvalue weighted by atomic mass is 10.3. The Labute approximate surface area is 80.9 Å². The van der Waals surface area contributed by atoms with E-state index in [1.165, 1.54) is 4.88 Å². The number of likely N-dealkylation sites (N-methyl/N-ethyl adjacent to an activating group) is 1. The summed E-state index contributed by atoms with van der Waals surface area (Å²) in [4.78, 5) is 14.2. The van der Waals surface area contributed by atoms with Crippen LogP contribution < -0.4 is 9.64 Å². The van der Waals surface area contributed by atoms with Crippen molar-refractivity contribution in [3.8, 4) is 5.75 Å². The third-order valence-electron chi connectivity index (χ3n) is 2.11. The number of fused-ring (bicyclic) bond motifs is 1. The van der Waals surface area contributed by atoms with Gasteiger partial charge in [0.25, 0.3) is 5.91 Å². The van der Waals surface area contributed by atoms with E-state index in [9.17, 15) is 4.79 Å². The Morgan fingerprint density at radius 2 is 2.46 bits per heavy atom. The molecule has 2 rings (SSSR count). The van der Waals surface area contributed by atoms with Crippen LogP contribution in [-0.2, 0) is 11.2 Å². The molecule has 0 saturated carbocycles. The van der Waals surface area contributed by atoms with Gasteiger partial charge in [-0.2, -0.15) is 0 Å². The second-order valence-corrected chi connectivity index (χ2v) is 4.09. The molecule has 2 heterocycles. The van der Waals surface area contributed by atoms with Gasteiger partial charge in [-0.05, 0) is 12.5 Å². The molecule has 0 saturated heterocycles. The molecule has 0 unspecified atom stereocenters. The van der Waals surface area contributed by atoms with E-state index in [1.54, 1.807) is 23.3 Å². The Bertz CT molecular complexity index is 345. The van der Waals surface area contributed by atoms with Crippen LogP contribution >= 0.6 is 11.3 Å². The molecule has 4 heteroatoms. The van der Waals surface area contributed by atoms with Gasteiger partial charge in [0.15, 0.2) is 12.4 Å². The van der Waals surface area contributed by atoms with Crippen molar-refractivity contribution in [2.45, 2.75) is 13.3 Å². The van der Waals surface area contributed by atoms with Gasteiger partial charge in [-0.1, -0.05) is 6.92 Å². The van der Waals surface area contributed by atoms with Crippen LogP contribution in [0.3, 0.4) is 0 Å². The van der Waals surface area contributed by atoms with E-state index in [0.29, 0.717) is 0 Å². The summed E-state index contributed by atoms with van der Waals surface area (Å²) in [6.07, 6.45) is 0.989. The largest absolute Gasteiger partial charge is 0.481 e. The third-order valence-corrected chi connectivity index (χ3v) is 3.45. The van der Waals surface area contributed by atoms with Gasteiger partial charge in [-0.3, -0.25) is 4.79 Å². The Balaban J connectivity index is 2.41. The normalized spacial score (nSPS) is 15.5. The van der Waals surface area contributed by atoms with Crippen molar-refractivity contribution in [3.63, 3.8) is 0 Å². The zero-order valence-corrected chi connectivity index (χ0v) is 8.48. The quantitative estimate of drug-likeness (QED) is 0.685. The number of aryl methyl sites for hydroxylation is 1. The number of hydrogen-bond donors (Lipinski definition) is 0. The number of carbonyl (C=O) groups excluding carboxylic acids is 1. The molecule has 0 spiro atoms. The van der Waals surface area contributed by atoms with E-state index in [1.807, 2.05) is 6.07 Å². The molecular weight excluding hydrogens is 186 g/mol. The fourth-order valence-corrected chi connectivity index (χ4v) is 2.29. The highest BCUT2D eigenvalue weighted by atomic mass is 32.1. The van der Waals surface area contributed by atoms with Crippen LogP contribution in [-0.4, -0.2) is 19.6 Å². The average molecular weight is 197 g/mol. The summed E-state index contributed by atoms with van der Waals surface area (Å²) in [5, 5.41) is 0.938. The maximum atomic E-state index is 11.3. The smallest absolute Gasteiger partial charge is 0.265 e. The summed E-state index contributed by atoms with van der Waals surface area (Å²) < 4.78 is 5.31. The highest BCUT2D eigenvalue weighted by Gasteiger charge is 2.24. The Morgan fingerprint density at radius 1 is 1.69 bits per heavy atom. The maximum Gasteiger partial charge on any atom is 0.265 e. The van der Waals surface area contributed by atoms with Crippen LogP contribution in [0.15, 0.2) is 6.07 Å². The summed E-state index contributed by atoms with van der Waals surface area (Å²) >= 11 is 1.63. The zero-order valence-electron chi connectivity index (χ0n) is 7.66. The Morgan fingerprint density at radius 3 is 3.15 bits per heavy atom. The van der Waals surface area contributed by atoms with E-state index in [-0.39, 0.29) is 12.5 Å². The van der Waals surface area contributed by atoms with E-state index >= 15 is 0 Å². The molecule has 1 aromatic heterocycles. The van der Waals surface area contributed by atoms with Crippen molar-refractivity contribution in [2.75, 3.05) is 18.6 Å². The van der Waals surface area contributed by atoms with Gasteiger partial charge in [0, 0.05) is 11.9 Å². The summed E-state index contributed by atoms with van der Waals surface area (Å²) in [7, 11) is 1.79. The van der Waals surface area contributed by atoms with E-state index < -0.39 is 0 Å². The van der Waals surface area contributed by atoms with E-state index in [2.05, 4.69) is 6.92 Å². The molecule has 1 aromatic rings. The molecule has 1 amide bonds. The summed E-state index contributed by atoms with van der Waals surface area (Å²) in [6.45, 7) is 2.27. The number of ether oxygens (including phenoxy) is 1. The van der Waals surface area contributed by atoms with Gasteiger partial charge in [0.2, 0.25) is 0 Å². The minimum atomic E-state index is 0.0250. The SMILES string of the molecule is CCc1cc2c(s1)N(C)C(=O)CO2. The predicted molar refractivity (Wildman–Crippen MR) is 52.6 cm³/mol. The lowest BCUT2D eigenvalue weighted by molar-refractivity contribution is -0.120. The van der Waals surface area contributed by atoms with Gasteiger partial charge in [-0.25, -0.2) is 0 Å². The molecule has 0 radical (unpaired) electrons. The van der Waals surface area contributed by atoms with E-state index in [4.69, 9.17) is 4.74 Å². The van der Waals surface area contributed by atoms with Crippen molar-refractivity contribution in [1.82, 2.24) is 0 Å². The monoisotopic (exact) mass is 197 g/mol. The number of carbonyl (C=O) groups is 1. The fraction of sp³-hybridized carbons (Fsp3) is 0.444. The Kier molecular flexibility index (Phi) is 2.00. The molecule has 0 aromatic carbocycles. The van der Waals surface area contributed by atoms with E-state index in [0.717, 1.165) is 17.2 Å². The standard InChI is InChI=1S/C9H11NO2S/c1-3-6-4-7-9(13-6)10(2)8(11)5-12-7/h4H,3,5H2,1-2H3. The molecular formula is C9H11NO2S. The van der Waals surface area contributed by atoms with Crippen LogP contribution in [0.5, 0.6) is 5.75 Å². The first kappa shape index (κ1) is 8.56. The van der Waals surface area contributed by atoms with Gasteiger partial charge >= 0.3 is 0 Å². The average Bonchev–Trinajstić information content (AvgIpc) is 2.55. The minimum absolute atomic E-state index is 0.0250. The Hall–Kier alpha value is -1.03. The summed E-state index contributed by atoms with van der Waals surface area (Å²) in [5.74, 6) is 0.876. The molecule has 0 bridgehead atoms. The first-order valence-corrected chi connectivity index (χ1v) is 5.06.